The molecule has 0 aliphatic rings. The lowest BCUT2D eigenvalue weighted by Gasteiger charge is -2.26. The maximum atomic E-state index is 11.6. The summed E-state index contributed by atoms with van der Waals surface area (Å²) in [5.41, 5.74) is -0.527. The Hall–Kier alpha value is -1.21. The molecule has 86 valence electrons. The van der Waals surface area contributed by atoms with Gasteiger partial charge >= 0.3 is 6.09 Å². The molecule has 4 nitrogen and oxygen atoms in total. The highest BCUT2D eigenvalue weighted by Gasteiger charge is 2.21. The van der Waals surface area contributed by atoms with E-state index in [1.54, 1.807) is 20.8 Å². The second-order valence-electron chi connectivity index (χ2n) is 4.15. The highest BCUT2D eigenvalue weighted by Crippen LogP contribution is 2.09. The molecule has 0 heterocycles. The van der Waals surface area contributed by atoms with Gasteiger partial charge in [0.25, 0.3) is 0 Å². The number of aliphatic hydroxyl groups is 1. The summed E-state index contributed by atoms with van der Waals surface area (Å²) in [6, 6.07) is 0. The lowest BCUT2D eigenvalue weighted by molar-refractivity contribution is 0.0223. The van der Waals surface area contributed by atoms with Crippen molar-refractivity contribution in [1.82, 2.24) is 4.90 Å². The van der Waals surface area contributed by atoms with Crippen LogP contribution in [-0.2, 0) is 4.74 Å². The molecule has 0 unspecified atom stereocenters. The molecule has 0 saturated carbocycles. The molecule has 0 atom stereocenters. The first-order chi connectivity index (χ1) is 6.90. The zero-order valence-corrected chi connectivity index (χ0v) is 9.62. The number of hydrogen-bond donors (Lipinski definition) is 1. The molecule has 0 fully saturated rings. The first kappa shape index (κ1) is 13.8. The van der Waals surface area contributed by atoms with Crippen LogP contribution in [0.1, 0.15) is 27.2 Å². The molecule has 0 radical (unpaired) electrons. The van der Waals surface area contributed by atoms with Gasteiger partial charge in [-0.2, -0.15) is 0 Å². The quantitative estimate of drug-likeness (QED) is 0.715. The summed E-state index contributed by atoms with van der Waals surface area (Å²) in [6.45, 7) is 5.95. The first-order valence-electron chi connectivity index (χ1n) is 4.93. The molecule has 0 bridgehead atoms. The molecule has 0 saturated heterocycles. The van der Waals surface area contributed by atoms with Gasteiger partial charge in [0.2, 0.25) is 0 Å². The molecular formula is C11H19NO3. The minimum absolute atomic E-state index is 0.0934. The number of terminal acetylenes is 1. The van der Waals surface area contributed by atoms with Crippen molar-refractivity contribution in [2.75, 3.05) is 19.7 Å². The number of rotatable bonds is 4. The number of carbonyl (C=O) groups is 1. The number of carbonyl (C=O) groups excluding carboxylic acids is 1. The van der Waals surface area contributed by atoms with Gasteiger partial charge in [-0.25, -0.2) is 4.79 Å². The van der Waals surface area contributed by atoms with Crippen LogP contribution in [0.4, 0.5) is 4.79 Å². The van der Waals surface area contributed by atoms with Crippen molar-refractivity contribution in [2.24, 2.45) is 0 Å². The fourth-order valence-electron chi connectivity index (χ4n) is 0.941. The van der Waals surface area contributed by atoms with Crippen LogP contribution in [0.3, 0.4) is 0 Å². The zero-order valence-electron chi connectivity index (χ0n) is 9.62. The summed E-state index contributed by atoms with van der Waals surface area (Å²) in [7, 11) is 0. The highest BCUT2D eigenvalue weighted by atomic mass is 16.6. The van der Waals surface area contributed by atoms with Gasteiger partial charge in [0.05, 0.1) is 6.61 Å². The third-order valence-electron chi connectivity index (χ3n) is 1.55. The Kier molecular flexibility index (Phi) is 5.80. The highest BCUT2D eigenvalue weighted by molar-refractivity contribution is 5.68. The Labute approximate surface area is 91.2 Å². The van der Waals surface area contributed by atoms with E-state index in [4.69, 9.17) is 16.3 Å². The largest absolute Gasteiger partial charge is 0.444 e. The molecule has 1 N–H and O–H groups in total. The van der Waals surface area contributed by atoms with E-state index in [1.165, 1.54) is 4.90 Å². The van der Waals surface area contributed by atoms with Crippen LogP contribution in [-0.4, -0.2) is 41.4 Å². The third kappa shape index (κ3) is 6.81. The first-order valence-corrected chi connectivity index (χ1v) is 4.93. The Balaban J connectivity index is 4.23. The van der Waals surface area contributed by atoms with Gasteiger partial charge in [-0.3, -0.25) is 0 Å². The monoisotopic (exact) mass is 213 g/mol. The van der Waals surface area contributed by atoms with E-state index >= 15 is 0 Å². The molecule has 0 aromatic heterocycles. The van der Waals surface area contributed by atoms with Gasteiger partial charge in [-0.05, 0) is 20.8 Å². The number of ether oxygens (including phenoxy) is 1. The Morgan fingerprint density at radius 3 is 2.47 bits per heavy atom. The molecule has 0 spiro atoms. The summed E-state index contributed by atoms with van der Waals surface area (Å²) in [6.07, 6.45) is 5.13. The average Bonchev–Trinajstić information content (AvgIpc) is 2.09. The Morgan fingerprint density at radius 2 is 2.07 bits per heavy atom. The van der Waals surface area contributed by atoms with Gasteiger partial charge in [-0.15, -0.1) is 12.3 Å². The third-order valence-corrected chi connectivity index (χ3v) is 1.55. The molecule has 0 rings (SSSR count). The second kappa shape index (κ2) is 6.31. The summed E-state index contributed by atoms with van der Waals surface area (Å²) in [5, 5.41) is 8.78. The van der Waals surface area contributed by atoms with Gasteiger partial charge in [-0.1, -0.05) is 0 Å². The number of hydrogen-bond acceptors (Lipinski definition) is 3. The van der Waals surface area contributed by atoms with Crippen LogP contribution in [0.25, 0.3) is 0 Å². The molecule has 0 aromatic carbocycles. The maximum absolute atomic E-state index is 11.6. The molecule has 0 aliphatic carbocycles. The van der Waals surface area contributed by atoms with Crippen LogP contribution in [0.15, 0.2) is 0 Å². The molecule has 0 aliphatic heterocycles. The topological polar surface area (TPSA) is 49.8 Å². The van der Waals surface area contributed by atoms with Crippen molar-refractivity contribution >= 4 is 6.09 Å². The van der Waals surface area contributed by atoms with Crippen molar-refractivity contribution in [2.45, 2.75) is 32.8 Å². The van der Waals surface area contributed by atoms with Crippen molar-refractivity contribution in [3.63, 3.8) is 0 Å². The standard InChI is InChI=1S/C11H19NO3/c1-5-6-7-12(8-9-13)10(14)15-11(2,3)4/h1,13H,6-9H2,2-4H3. The van der Waals surface area contributed by atoms with Crippen LogP contribution in [0, 0.1) is 12.3 Å². The van der Waals surface area contributed by atoms with Gasteiger partial charge in [0.15, 0.2) is 0 Å². The second-order valence-corrected chi connectivity index (χ2v) is 4.15. The van der Waals surface area contributed by atoms with Crippen LogP contribution in [0.2, 0.25) is 0 Å². The van der Waals surface area contributed by atoms with E-state index in [0.29, 0.717) is 13.0 Å². The summed E-state index contributed by atoms with van der Waals surface area (Å²) >= 11 is 0. The summed E-state index contributed by atoms with van der Waals surface area (Å²) in [4.78, 5) is 13.0. The van der Waals surface area contributed by atoms with Crippen molar-refractivity contribution in [3.8, 4) is 12.3 Å². The smallest absolute Gasteiger partial charge is 0.410 e. The SMILES string of the molecule is C#CCCN(CCO)C(=O)OC(C)(C)C. The van der Waals surface area contributed by atoms with Crippen LogP contribution >= 0.6 is 0 Å². The van der Waals surface area contributed by atoms with Crippen LogP contribution < -0.4 is 0 Å². The fourth-order valence-corrected chi connectivity index (χ4v) is 0.941. The van der Waals surface area contributed by atoms with Crippen molar-refractivity contribution in [1.29, 1.82) is 0 Å². The fraction of sp³-hybridized carbons (Fsp3) is 0.727. The van der Waals surface area contributed by atoms with Crippen molar-refractivity contribution in [3.05, 3.63) is 0 Å². The zero-order chi connectivity index (χ0) is 11.9. The van der Waals surface area contributed by atoms with Crippen molar-refractivity contribution < 1.29 is 14.6 Å². The Bertz CT molecular complexity index is 237. The van der Waals surface area contributed by atoms with E-state index in [0.717, 1.165) is 0 Å². The van der Waals surface area contributed by atoms with E-state index in [1.807, 2.05) is 0 Å². The van der Waals surface area contributed by atoms with E-state index in [-0.39, 0.29) is 13.2 Å². The normalized spacial score (nSPS) is 10.6. The van der Waals surface area contributed by atoms with Gasteiger partial charge in [0, 0.05) is 19.5 Å². The lowest BCUT2D eigenvalue weighted by Crippen LogP contribution is -2.38. The lowest BCUT2D eigenvalue weighted by atomic mass is 10.2. The molecule has 4 heteroatoms. The number of nitrogens with zero attached hydrogens (tertiary/aromatic N) is 1. The molecule has 15 heavy (non-hydrogen) atoms. The van der Waals surface area contributed by atoms with E-state index in [9.17, 15) is 4.79 Å². The summed E-state index contributed by atoms with van der Waals surface area (Å²) in [5.74, 6) is 2.44. The van der Waals surface area contributed by atoms with E-state index < -0.39 is 11.7 Å². The molecular weight excluding hydrogens is 194 g/mol. The average molecular weight is 213 g/mol. The number of amides is 1. The van der Waals surface area contributed by atoms with E-state index in [2.05, 4.69) is 5.92 Å². The molecule has 0 aromatic rings. The minimum atomic E-state index is -0.527. The number of aliphatic hydroxyl groups excluding tert-OH is 1. The minimum Gasteiger partial charge on any atom is -0.444 e. The van der Waals surface area contributed by atoms with Crippen LogP contribution in [0.5, 0.6) is 0 Å². The van der Waals surface area contributed by atoms with Gasteiger partial charge in [0.1, 0.15) is 5.60 Å². The predicted octanol–water partition coefficient (Wildman–Crippen LogP) is 1.24. The van der Waals surface area contributed by atoms with Gasteiger partial charge < -0.3 is 14.7 Å². The predicted molar refractivity (Wildman–Crippen MR) is 58.3 cm³/mol. The maximum Gasteiger partial charge on any atom is 0.410 e. The summed E-state index contributed by atoms with van der Waals surface area (Å²) < 4.78 is 5.16. The molecule has 1 amide bonds. The Morgan fingerprint density at radius 1 is 1.47 bits per heavy atom.